The Labute approximate surface area is 198 Å². The maximum atomic E-state index is 12.4. The Kier molecular flexibility index (Phi) is 7.87. The van der Waals surface area contributed by atoms with Crippen LogP contribution in [0.5, 0.6) is 0 Å². The Bertz CT molecular complexity index is 1100. The number of fused-ring (bicyclic) bond motifs is 3. The fraction of sp³-hybridized carbons (Fsp3) is 0.200. The normalized spacial score (nSPS) is 14.0. The van der Waals surface area contributed by atoms with Crippen LogP contribution < -0.4 is 5.32 Å². The Morgan fingerprint density at radius 1 is 0.882 bits per heavy atom. The van der Waals surface area contributed by atoms with E-state index in [1.807, 2.05) is 78.9 Å². The molecule has 1 aliphatic carbocycles. The van der Waals surface area contributed by atoms with E-state index in [9.17, 15) is 19.6 Å². The van der Waals surface area contributed by atoms with Crippen molar-refractivity contribution in [2.24, 2.45) is 0 Å². The third kappa shape index (κ3) is 5.79. The van der Waals surface area contributed by atoms with Gasteiger partial charge in [-0.2, -0.15) is 0 Å². The summed E-state index contributed by atoms with van der Waals surface area (Å²) in [5.41, 5.74) is 5.12. The smallest absolute Gasteiger partial charge is 0.407 e. The summed E-state index contributed by atoms with van der Waals surface area (Å²) in [6.07, 6.45) is -0.884. The van der Waals surface area contributed by atoms with Crippen LogP contribution in [0, 0.1) is 0 Å². The van der Waals surface area contributed by atoms with Gasteiger partial charge in [0.25, 0.3) is 0 Å². The van der Waals surface area contributed by atoms with E-state index in [0.29, 0.717) is 0 Å². The van der Waals surface area contributed by atoms with E-state index in [2.05, 4.69) is 5.32 Å². The van der Waals surface area contributed by atoms with Crippen LogP contribution in [-0.4, -0.2) is 41.3 Å². The van der Waals surface area contributed by atoms with Crippen molar-refractivity contribution in [3.05, 3.63) is 95.6 Å². The first-order valence-electron chi connectivity index (χ1n) is 10.7. The molecule has 1 aliphatic rings. The summed E-state index contributed by atoms with van der Waals surface area (Å²) in [6.45, 7) is -0.308. The minimum absolute atomic E-state index is 0.0555. The molecule has 1 unspecified atom stereocenters. The molecule has 9 heteroatoms. The number of nitrogens with one attached hydrogen (secondary N) is 1. The van der Waals surface area contributed by atoms with Crippen molar-refractivity contribution in [2.75, 3.05) is 13.2 Å². The first kappa shape index (κ1) is 23.9. The monoisotopic (exact) mass is 481 g/mol. The quantitative estimate of drug-likeness (QED) is 0.367. The standard InChI is InChI=1S/C25H24NO7P/c27-24(28)23(16-33-34(30)32-14-17-8-2-1-3-9-17)26-25(29)31-15-22-20-12-6-4-10-18(20)19-11-5-7-13-21(19)22/h1-13,22-23,30H,14-16H2,(H,26,29)(H,27,28)/t23-,34?/m0/s1. The van der Waals surface area contributed by atoms with Gasteiger partial charge in [-0.25, -0.2) is 9.59 Å². The molecule has 8 nitrogen and oxygen atoms in total. The molecule has 3 aromatic carbocycles. The minimum atomic E-state index is -2.32. The van der Waals surface area contributed by atoms with E-state index < -0.39 is 33.3 Å². The molecule has 0 saturated carbocycles. The van der Waals surface area contributed by atoms with Crippen LogP contribution in [0.25, 0.3) is 11.1 Å². The van der Waals surface area contributed by atoms with Gasteiger partial charge in [-0.05, 0) is 27.8 Å². The Hall–Kier alpha value is -3.29. The number of amides is 1. The van der Waals surface area contributed by atoms with Crippen LogP contribution in [0.2, 0.25) is 0 Å². The lowest BCUT2D eigenvalue weighted by atomic mass is 9.98. The molecule has 0 spiro atoms. The molecule has 176 valence electrons. The Morgan fingerprint density at radius 2 is 1.47 bits per heavy atom. The molecule has 0 radical (unpaired) electrons. The van der Waals surface area contributed by atoms with E-state index in [0.717, 1.165) is 27.8 Å². The summed E-state index contributed by atoms with van der Waals surface area (Å²) in [4.78, 5) is 33.8. The highest BCUT2D eigenvalue weighted by atomic mass is 31.2. The summed E-state index contributed by atoms with van der Waals surface area (Å²) < 4.78 is 15.7. The van der Waals surface area contributed by atoms with E-state index in [1.54, 1.807) is 0 Å². The van der Waals surface area contributed by atoms with Crippen LogP contribution in [0.1, 0.15) is 22.6 Å². The van der Waals surface area contributed by atoms with Crippen LogP contribution in [0.3, 0.4) is 0 Å². The zero-order valence-electron chi connectivity index (χ0n) is 18.2. The van der Waals surface area contributed by atoms with Gasteiger partial charge < -0.3 is 29.1 Å². The molecule has 1 amide bonds. The molecule has 0 heterocycles. The van der Waals surface area contributed by atoms with Crippen molar-refractivity contribution in [1.29, 1.82) is 0 Å². The van der Waals surface area contributed by atoms with E-state index in [-0.39, 0.29) is 19.1 Å². The number of carboxylic acids is 1. The fourth-order valence-electron chi connectivity index (χ4n) is 3.84. The van der Waals surface area contributed by atoms with Crippen molar-refractivity contribution >= 4 is 20.7 Å². The molecule has 0 aromatic heterocycles. The number of carbonyl (C=O) groups excluding carboxylic acids is 1. The van der Waals surface area contributed by atoms with Crippen LogP contribution in [0.15, 0.2) is 78.9 Å². The summed E-state index contributed by atoms with van der Waals surface area (Å²) in [7, 11) is -2.32. The lowest BCUT2D eigenvalue weighted by Gasteiger charge is -2.18. The van der Waals surface area contributed by atoms with E-state index in [4.69, 9.17) is 13.8 Å². The summed E-state index contributed by atoms with van der Waals surface area (Å²) in [6, 6.07) is 23.6. The van der Waals surface area contributed by atoms with Crippen molar-refractivity contribution in [3.63, 3.8) is 0 Å². The number of hydrogen-bond donors (Lipinski definition) is 3. The Balaban J connectivity index is 1.28. The second-order valence-electron chi connectivity index (χ2n) is 7.65. The van der Waals surface area contributed by atoms with Crippen LogP contribution >= 0.6 is 8.60 Å². The highest BCUT2D eigenvalue weighted by molar-refractivity contribution is 7.40. The molecule has 0 bridgehead atoms. The van der Waals surface area contributed by atoms with Crippen molar-refractivity contribution in [1.82, 2.24) is 5.32 Å². The average molecular weight is 481 g/mol. The lowest BCUT2D eigenvalue weighted by molar-refractivity contribution is -0.140. The van der Waals surface area contributed by atoms with Crippen molar-refractivity contribution in [3.8, 4) is 11.1 Å². The first-order chi connectivity index (χ1) is 16.5. The molecule has 0 aliphatic heterocycles. The second kappa shape index (κ2) is 11.2. The van der Waals surface area contributed by atoms with Gasteiger partial charge >= 0.3 is 20.7 Å². The number of carbonyl (C=O) groups is 2. The Morgan fingerprint density at radius 3 is 2.09 bits per heavy atom. The van der Waals surface area contributed by atoms with Crippen molar-refractivity contribution < 1.29 is 33.4 Å². The fourth-order valence-corrected chi connectivity index (χ4v) is 4.45. The lowest BCUT2D eigenvalue weighted by Crippen LogP contribution is -2.44. The van der Waals surface area contributed by atoms with Gasteiger partial charge in [0.15, 0.2) is 6.04 Å². The maximum absolute atomic E-state index is 12.4. The SMILES string of the molecule is O=C(N[C@@H](COP(O)OCc1ccccc1)C(=O)O)OCC1c2ccccc2-c2ccccc21. The number of carboxylic acid groups (broad SMARTS) is 1. The molecule has 4 rings (SSSR count). The highest BCUT2D eigenvalue weighted by Gasteiger charge is 2.30. The first-order valence-corrected chi connectivity index (χ1v) is 11.8. The van der Waals surface area contributed by atoms with Gasteiger partial charge in [-0.1, -0.05) is 78.9 Å². The van der Waals surface area contributed by atoms with Crippen LogP contribution in [0.4, 0.5) is 4.79 Å². The molecule has 3 aromatic rings. The molecular weight excluding hydrogens is 457 g/mol. The van der Waals surface area contributed by atoms with Crippen LogP contribution in [-0.2, 0) is 25.2 Å². The predicted octanol–water partition coefficient (Wildman–Crippen LogP) is 4.43. The largest absolute Gasteiger partial charge is 0.480 e. The predicted molar refractivity (Wildman–Crippen MR) is 126 cm³/mol. The third-order valence-electron chi connectivity index (χ3n) is 5.47. The summed E-state index contributed by atoms with van der Waals surface area (Å²) >= 11 is 0. The molecular formula is C25H24NO7P. The third-order valence-corrected chi connectivity index (χ3v) is 6.19. The number of aliphatic carboxylic acids is 1. The minimum Gasteiger partial charge on any atom is -0.480 e. The van der Waals surface area contributed by atoms with E-state index >= 15 is 0 Å². The topological polar surface area (TPSA) is 114 Å². The van der Waals surface area contributed by atoms with Gasteiger partial charge in [-0.3, -0.25) is 0 Å². The summed E-state index contributed by atoms with van der Waals surface area (Å²) in [5, 5.41) is 11.7. The number of ether oxygens (including phenoxy) is 1. The number of benzene rings is 3. The highest BCUT2D eigenvalue weighted by Crippen LogP contribution is 2.44. The maximum Gasteiger partial charge on any atom is 0.407 e. The molecule has 34 heavy (non-hydrogen) atoms. The number of hydrogen-bond acceptors (Lipinski definition) is 6. The summed E-state index contributed by atoms with van der Waals surface area (Å²) in [5.74, 6) is -1.46. The molecule has 2 atom stereocenters. The van der Waals surface area contributed by atoms with Gasteiger partial charge in [0.1, 0.15) is 6.61 Å². The molecule has 3 N–H and O–H groups in total. The van der Waals surface area contributed by atoms with E-state index in [1.165, 1.54) is 0 Å². The molecule has 0 fully saturated rings. The molecule has 0 saturated heterocycles. The second-order valence-corrected chi connectivity index (χ2v) is 8.65. The van der Waals surface area contributed by atoms with Gasteiger partial charge in [-0.15, -0.1) is 0 Å². The van der Waals surface area contributed by atoms with Gasteiger partial charge in [0.2, 0.25) is 0 Å². The van der Waals surface area contributed by atoms with Gasteiger partial charge in [0, 0.05) is 5.92 Å². The number of alkyl carbamates (subject to hydrolysis) is 1. The average Bonchev–Trinajstić information content (AvgIpc) is 3.18. The van der Waals surface area contributed by atoms with Crippen molar-refractivity contribution in [2.45, 2.75) is 18.6 Å². The zero-order chi connectivity index (χ0) is 23.9. The van der Waals surface area contributed by atoms with Gasteiger partial charge in [0.05, 0.1) is 13.2 Å². The number of rotatable bonds is 10. The zero-order valence-corrected chi connectivity index (χ0v) is 19.1.